The molecule has 0 aliphatic carbocycles. The number of phosphoric ester groups is 2. The maximum Gasteiger partial charge on any atom is 0.472 e. The molecule has 0 rings (SSSR count). The van der Waals surface area contributed by atoms with Crippen molar-refractivity contribution in [1.82, 2.24) is 0 Å². The first-order chi connectivity index (χ1) is 45.2. The quantitative estimate of drug-likeness (QED) is 0.0146. The highest BCUT2D eigenvalue weighted by molar-refractivity contribution is 7.47. The maximum absolute atomic E-state index is 12.9. The topological polar surface area (TPSA) is 231 Å². The molecule has 93 heavy (non-hydrogen) atoms. The first-order valence-electron chi connectivity index (χ1n) is 34.8. The Morgan fingerprint density at radius 2 is 0.548 bits per heavy atom. The SMILES string of the molecule is CC/C=C\C/C=C\C/C=C\C/C=C\C/C=C\CCCCCCCCCC(=O)OCC(O)COP(=O)(O)OCC(O)COP(=O)(O)OCC(COC(=O)CCC/C=C\C/C=C\C/C=C\C/C=C\C/C=C\CC)OC(=O)CCCCCCCCC/C=C\C/C=C\C/C=C\CC. The van der Waals surface area contributed by atoms with E-state index in [0.717, 1.165) is 173 Å². The average Bonchev–Trinajstić information content (AvgIpc) is 3.73. The largest absolute Gasteiger partial charge is 0.472 e. The summed E-state index contributed by atoms with van der Waals surface area (Å²) in [6.07, 6.45) is 81.5. The molecular formula is C75H122O16P2. The number of aliphatic hydroxyl groups is 2. The normalized spacial score (nSPS) is 15.1. The number of hydrogen-bond donors (Lipinski definition) is 4. The lowest BCUT2D eigenvalue weighted by Crippen LogP contribution is -2.30. The molecule has 0 amide bonds. The van der Waals surface area contributed by atoms with Gasteiger partial charge in [-0.15, -0.1) is 0 Å². The van der Waals surface area contributed by atoms with Crippen LogP contribution in [0.15, 0.2) is 158 Å². The molecule has 528 valence electrons. The molecule has 0 bridgehead atoms. The fourth-order valence-corrected chi connectivity index (χ4v) is 10.1. The van der Waals surface area contributed by atoms with E-state index in [9.17, 15) is 43.5 Å². The van der Waals surface area contributed by atoms with Gasteiger partial charge in [0.1, 0.15) is 25.4 Å². The maximum atomic E-state index is 12.9. The van der Waals surface area contributed by atoms with Gasteiger partial charge in [-0.2, -0.15) is 0 Å². The minimum atomic E-state index is -4.95. The molecule has 0 heterocycles. The number of phosphoric acid groups is 2. The second kappa shape index (κ2) is 67.2. The number of carbonyl (C=O) groups excluding carboxylic acids is 3. The minimum absolute atomic E-state index is 0.0751. The number of carbonyl (C=O) groups is 3. The van der Waals surface area contributed by atoms with Crippen molar-refractivity contribution in [1.29, 1.82) is 0 Å². The summed E-state index contributed by atoms with van der Waals surface area (Å²) in [5.41, 5.74) is 0. The number of esters is 3. The van der Waals surface area contributed by atoms with E-state index in [1.165, 1.54) is 0 Å². The number of allylic oxidation sites excluding steroid dienone is 26. The summed E-state index contributed by atoms with van der Waals surface area (Å²) in [5, 5.41) is 20.6. The van der Waals surface area contributed by atoms with Crippen molar-refractivity contribution < 1.29 is 75.8 Å². The van der Waals surface area contributed by atoms with Gasteiger partial charge in [-0.05, 0) is 135 Å². The third-order valence-corrected chi connectivity index (χ3v) is 15.6. The van der Waals surface area contributed by atoms with Crippen LogP contribution < -0.4 is 0 Å². The van der Waals surface area contributed by atoms with Crippen LogP contribution in [0.4, 0.5) is 0 Å². The predicted molar refractivity (Wildman–Crippen MR) is 380 cm³/mol. The minimum Gasteiger partial charge on any atom is -0.463 e. The van der Waals surface area contributed by atoms with Crippen LogP contribution in [0.3, 0.4) is 0 Å². The van der Waals surface area contributed by atoms with Crippen LogP contribution in [0.1, 0.15) is 239 Å². The van der Waals surface area contributed by atoms with Gasteiger partial charge < -0.3 is 34.2 Å². The molecule has 5 unspecified atom stereocenters. The van der Waals surface area contributed by atoms with Crippen LogP contribution in [-0.2, 0) is 55.8 Å². The van der Waals surface area contributed by atoms with Gasteiger partial charge in [0.2, 0.25) is 0 Å². The van der Waals surface area contributed by atoms with E-state index in [4.69, 9.17) is 32.3 Å². The molecule has 16 nitrogen and oxygen atoms in total. The molecule has 0 fully saturated rings. The highest BCUT2D eigenvalue weighted by Gasteiger charge is 2.29. The lowest BCUT2D eigenvalue weighted by molar-refractivity contribution is -0.161. The Morgan fingerprint density at radius 3 is 0.892 bits per heavy atom. The van der Waals surface area contributed by atoms with Crippen molar-refractivity contribution in [2.45, 2.75) is 257 Å². The molecular weight excluding hydrogens is 1220 g/mol. The van der Waals surface area contributed by atoms with Gasteiger partial charge in [0.05, 0.1) is 26.4 Å². The van der Waals surface area contributed by atoms with E-state index in [0.29, 0.717) is 25.7 Å². The number of hydrogen-bond acceptors (Lipinski definition) is 14. The van der Waals surface area contributed by atoms with E-state index in [-0.39, 0.29) is 19.3 Å². The summed E-state index contributed by atoms with van der Waals surface area (Å²) in [4.78, 5) is 58.4. The summed E-state index contributed by atoms with van der Waals surface area (Å²) in [7, 11) is -9.81. The van der Waals surface area contributed by atoms with E-state index in [2.05, 4.69) is 167 Å². The molecule has 0 aromatic rings. The second-order valence-corrected chi connectivity index (χ2v) is 25.4. The van der Waals surface area contributed by atoms with Crippen molar-refractivity contribution in [3.8, 4) is 0 Å². The molecule has 0 spiro atoms. The molecule has 0 aliphatic heterocycles. The molecule has 0 saturated carbocycles. The Kier molecular flexibility index (Phi) is 63.7. The van der Waals surface area contributed by atoms with Crippen LogP contribution >= 0.6 is 15.6 Å². The summed E-state index contributed by atoms with van der Waals surface area (Å²) >= 11 is 0. The number of aliphatic hydroxyl groups excluding tert-OH is 2. The summed E-state index contributed by atoms with van der Waals surface area (Å²) in [6, 6.07) is 0. The Morgan fingerprint density at radius 1 is 0.301 bits per heavy atom. The van der Waals surface area contributed by atoms with Gasteiger partial charge in [-0.1, -0.05) is 243 Å². The molecule has 0 aliphatic rings. The smallest absolute Gasteiger partial charge is 0.463 e. The highest BCUT2D eigenvalue weighted by atomic mass is 31.2. The fraction of sp³-hybridized carbons (Fsp3) is 0.613. The van der Waals surface area contributed by atoms with Gasteiger partial charge in [-0.25, -0.2) is 9.13 Å². The van der Waals surface area contributed by atoms with Crippen LogP contribution in [0.5, 0.6) is 0 Å². The first kappa shape index (κ1) is 88.2. The van der Waals surface area contributed by atoms with E-state index < -0.39 is 91.5 Å². The fourth-order valence-electron chi connectivity index (χ4n) is 8.53. The molecule has 18 heteroatoms. The second-order valence-electron chi connectivity index (χ2n) is 22.5. The Hall–Kier alpha value is -4.83. The molecule has 0 saturated heterocycles. The molecule has 0 aromatic carbocycles. The van der Waals surface area contributed by atoms with Crippen molar-refractivity contribution in [2.75, 3.05) is 39.6 Å². The van der Waals surface area contributed by atoms with E-state index in [1.54, 1.807) is 0 Å². The summed E-state index contributed by atoms with van der Waals surface area (Å²) < 4.78 is 60.9. The zero-order chi connectivity index (χ0) is 68.1. The number of ether oxygens (including phenoxy) is 3. The van der Waals surface area contributed by atoms with Gasteiger partial charge >= 0.3 is 33.6 Å². The molecule has 5 atom stereocenters. The number of rotatable bonds is 64. The van der Waals surface area contributed by atoms with Crippen molar-refractivity contribution in [3.63, 3.8) is 0 Å². The summed E-state index contributed by atoms with van der Waals surface area (Å²) in [6.45, 7) is 2.21. The van der Waals surface area contributed by atoms with Gasteiger partial charge in [0, 0.05) is 19.3 Å². The number of unbranched alkanes of at least 4 members (excludes halogenated alkanes) is 15. The third-order valence-electron chi connectivity index (χ3n) is 13.7. The summed E-state index contributed by atoms with van der Waals surface area (Å²) in [5.74, 6) is -1.68. The van der Waals surface area contributed by atoms with Crippen LogP contribution in [0.25, 0.3) is 0 Å². The molecule has 0 aromatic heterocycles. The van der Waals surface area contributed by atoms with Crippen molar-refractivity contribution >= 4 is 33.6 Å². The Balaban J connectivity index is 4.72. The van der Waals surface area contributed by atoms with E-state index >= 15 is 0 Å². The van der Waals surface area contributed by atoms with Gasteiger partial charge in [0.15, 0.2) is 6.10 Å². The Labute approximate surface area is 561 Å². The highest BCUT2D eigenvalue weighted by Crippen LogP contribution is 2.45. The van der Waals surface area contributed by atoms with E-state index in [1.807, 2.05) is 12.2 Å². The zero-order valence-corrected chi connectivity index (χ0v) is 58.9. The average molecular weight is 1340 g/mol. The van der Waals surface area contributed by atoms with Crippen molar-refractivity contribution in [3.05, 3.63) is 158 Å². The van der Waals surface area contributed by atoms with Crippen LogP contribution in [-0.4, -0.2) is 95.9 Å². The van der Waals surface area contributed by atoms with Crippen LogP contribution in [0, 0.1) is 0 Å². The van der Waals surface area contributed by atoms with Crippen LogP contribution in [0.2, 0.25) is 0 Å². The molecule has 4 N–H and O–H groups in total. The predicted octanol–water partition coefficient (Wildman–Crippen LogP) is 19.5. The Bertz CT molecular complexity index is 2320. The molecule has 0 radical (unpaired) electrons. The van der Waals surface area contributed by atoms with Gasteiger partial charge in [-0.3, -0.25) is 32.5 Å². The first-order valence-corrected chi connectivity index (χ1v) is 37.8. The lowest BCUT2D eigenvalue weighted by Gasteiger charge is -2.21. The lowest BCUT2D eigenvalue weighted by atomic mass is 10.1. The monoisotopic (exact) mass is 1340 g/mol. The standard InChI is InChI=1S/C75H122O16P2/c1-4-7-10-13-16-19-22-25-28-31-32-33-34-35-36-39-41-43-46-49-52-55-58-61-73(78)85-64-70(76)65-87-92(81,82)88-66-71(77)67-89-93(83,84)90-69-72(91-75(80)63-60-57-54-51-48-45-42-38-30-27-24-21-18-15-12-9-6-3)68-86-74(79)62-59-56-53-50-47-44-40-37-29-26-23-20-17-14-11-8-5-2/h7-12,16-21,25-30,32-33,35-36,40,44,50,53,70-72,76-77H,4-6,13-15,22-24,31,34,37-39,41-43,45-49,51-52,54-69H2,1-3H3,(H,81,82)(H,83,84)/b10-7-,11-8-,12-9-,19-16-,20-17-,21-18-,28-25-,29-26-,30-27-,33-32-,36-35-,44-40-,53-50-. The van der Waals surface area contributed by atoms with Gasteiger partial charge in [0.25, 0.3) is 0 Å². The third kappa shape index (κ3) is 68.4. The van der Waals surface area contributed by atoms with Crippen molar-refractivity contribution in [2.24, 2.45) is 0 Å². The zero-order valence-electron chi connectivity index (χ0n) is 57.1.